The first-order chi connectivity index (χ1) is 13.1. The molecule has 0 spiro atoms. The van der Waals surface area contributed by atoms with E-state index in [9.17, 15) is 0 Å². The number of fused-ring (bicyclic) bond motifs is 5. The molecule has 2 heteroatoms. The number of furan rings is 1. The minimum Gasteiger partial charge on any atom is -0.455 e. The molecular formula is C25H22NO+. The van der Waals surface area contributed by atoms with Crippen LogP contribution in [0.2, 0.25) is 0 Å². The van der Waals surface area contributed by atoms with Gasteiger partial charge in [-0.15, -0.1) is 0 Å². The second-order valence-electron chi connectivity index (χ2n) is 7.50. The van der Waals surface area contributed by atoms with E-state index in [1.165, 1.54) is 49.6 Å². The zero-order chi connectivity index (χ0) is 18.7. The average Bonchev–Trinajstić information content (AvgIpc) is 3.02. The molecule has 0 N–H and O–H groups in total. The zero-order valence-electron chi connectivity index (χ0n) is 16.1. The third-order valence-corrected chi connectivity index (χ3v) is 5.62. The number of benzene rings is 3. The van der Waals surface area contributed by atoms with Gasteiger partial charge in [0.2, 0.25) is 11.2 Å². The predicted molar refractivity (Wildman–Crippen MR) is 112 cm³/mol. The summed E-state index contributed by atoms with van der Waals surface area (Å²) < 4.78 is 8.77. The van der Waals surface area contributed by atoms with Gasteiger partial charge in [-0.05, 0) is 49.6 Å². The Bertz CT molecular complexity index is 1360. The molecule has 0 saturated heterocycles. The Hall–Kier alpha value is -3.13. The van der Waals surface area contributed by atoms with Crippen LogP contribution in [0.5, 0.6) is 0 Å². The lowest BCUT2D eigenvalue weighted by molar-refractivity contribution is -0.632. The topological polar surface area (TPSA) is 17.0 Å². The van der Waals surface area contributed by atoms with Crippen molar-refractivity contribution >= 4 is 32.8 Å². The molecule has 2 heterocycles. The highest BCUT2D eigenvalue weighted by atomic mass is 16.3. The van der Waals surface area contributed by atoms with E-state index in [0.717, 1.165) is 11.2 Å². The van der Waals surface area contributed by atoms with Crippen molar-refractivity contribution in [1.29, 1.82) is 0 Å². The Morgan fingerprint density at radius 2 is 1.52 bits per heavy atom. The maximum absolute atomic E-state index is 6.43. The van der Waals surface area contributed by atoms with Crippen LogP contribution < -0.4 is 4.57 Å². The highest BCUT2D eigenvalue weighted by molar-refractivity contribution is 6.18. The third-order valence-electron chi connectivity index (χ3n) is 5.62. The number of nitrogens with zero attached hydrogens (tertiary/aromatic N) is 1. The van der Waals surface area contributed by atoms with Gasteiger partial charge in [0.05, 0.1) is 5.39 Å². The van der Waals surface area contributed by atoms with Gasteiger partial charge in [-0.3, -0.25) is 0 Å². The van der Waals surface area contributed by atoms with Gasteiger partial charge in [0.15, 0.2) is 5.58 Å². The van der Waals surface area contributed by atoms with Crippen LogP contribution in [-0.2, 0) is 7.05 Å². The largest absolute Gasteiger partial charge is 0.455 e. The van der Waals surface area contributed by atoms with Gasteiger partial charge in [0.25, 0.3) is 0 Å². The SMILES string of the molecule is Cc1cc(C)c2c3oc4ccccc4c3c(-c3ccccc3C)[n+](C)c2c1. The summed E-state index contributed by atoms with van der Waals surface area (Å²) in [5, 5.41) is 3.57. The second kappa shape index (κ2) is 5.68. The molecule has 0 aliphatic heterocycles. The van der Waals surface area contributed by atoms with Crippen LogP contribution in [0, 0.1) is 20.8 Å². The summed E-state index contributed by atoms with van der Waals surface area (Å²) in [4.78, 5) is 0. The number of para-hydroxylation sites is 1. The van der Waals surface area contributed by atoms with Crippen molar-refractivity contribution in [3.63, 3.8) is 0 Å². The molecule has 0 radical (unpaired) electrons. The van der Waals surface area contributed by atoms with Crippen molar-refractivity contribution in [3.05, 3.63) is 77.4 Å². The van der Waals surface area contributed by atoms with Crippen LogP contribution in [0.3, 0.4) is 0 Å². The lowest BCUT2D eigenvalue weighted by atomic mass is 9.96. The van der Waals surface area contributed by atoms with Gasteiger partial charge in [-0.25, -0.2) is 0 Å². The quantitative estimate of drug-likeness (QED) is 0.330. The van der Waals surface area contributed by atoms with Crippen LogP contribution in [-0.4, -0.2) is 0 Å². The molecule has 0 aliphatic rings. The molecule has 3 aromatic carbocycles. The van der Waals surface area contributed by atoms with Gasteiger partial charge in [-0.1, -0.05) is 42.5 Å². The Balaban J connectivity index is 2.13. The molecule has 0 fully saturated rings. The molecule has 2 aromatic heterocycles. The predicted octanol–water partition coefficient (Wildman–Crippen LogP) is 6.16. The second-order valence-corrected chi connectivity index (χ2v) is 7.50. The fourth-order valence-corrected chi connectivity index (χ4v) is 4.40. The summed E-state index contributed by atoms with van der Waals surface area (Å²) >= 11 is 0. The van der Waals surface area contributed by atoms with Crippen molar-refractivity contribution < 1.29 is 8.98 Å². The molecule has 0 bridgehead atoms. The lowest BCUT2D eigenvalue weighted by Gasteiger charge is -2.10. The number of pyridine rings is 1. The maximum atomic E-state index is 6.43. The summed E-state index contributed by atoms with van der Waals surface area (Å²) in [5.41, 5.74) is 9.38. The highest BCUT2D eigenvalue weighted by Crippen LogP contribution is 2.40. The number of hydrogen-bond donors (Lipinski definition) is 0. The molecule has 0 saturated carbocycles. The molecule has 132 valence electrons. The van der Waals surface area contributed by atoms with Gasteiger partial charge in [-0.2, -0.15) is 4.57 Å². The summed E-state index contributed by atoms with van der Waals surface area (Å²) in [5.74, 6) is 0. The Morgan fingerprint density at radius 3 is 2.33 bits per heavy atom. The van der Waals surface area contributed by atoms with Crippen LogP contribution in [0.15, 0.2) is 65.1 Å². The van der Waals surface area contributed by atoms with Gasteiger partial charge in [0.1, 0.15) is 18.0 Å². The van der Waals surface area contributed by atoms with E-state index in [-0.39, 0.29) is 0 Å². The molecule has 0 unspecified atom stereocenters. The minimum absolute atomic E-state index is 0.940. The van der Waals surface area contributed by atoms with Crippen molar-refractivity contribution in [2.45, 2.75) is 20.8 Å². The van der Waals surface area contributed by atoms with E-state index in [0.29, 0.717) is 0 Å². The fourth-order valence-electron chi connectivity index (χ4n) is 4.40. The van der Waals surface area contributed by atoms with E-state index in [1.54, 1.807) is 0 Å². The van der Waals surface area contributed by atoms with Crippen LogP contribution >= 0.6 is 0 Å². The van der Waals surface area contributed by atoms with E-state index in [4.69, 9.17) is 4.42 Å². The van der Waals surface area contributed by atoms with E-state index in [2.05, 4.69) is 87.0 Å². The van der Waals surface area contributed by atoms with Crippen LogP contribution in [0.25, 0.3) is 44.1 Å². The monoisotopic (exact) mass is 352 g/mol. The summed E-state index contributed by atoms with van der Waals surface area (Å²) in [6.45, 7) is 6.51. The van der Waals surface area contributed by atoms with Crippen molar-refractivity contribution in [2.75, 3.05) is 0 Å². The lowest BCUT2D eigenvalue weighted by Crippen LogP contribution is -2.32. The van der Waals surface area contributed by atoms with Gasteiger partial charge in [0, 0.05) is 17.0 Å². The first-order valence-corrected chi connectivity index (χ1v) is 9.36. The molecule has 0 atom stereocenters. The minimum atomic E-state index is 0.940. The number of rotatable bonds is 1. The molecule has 27 heavy (non-hydrogen) atoms. The number of hydrogen-bond acceptors (Lipinski definition) is 1. The van der Waals surface area contributed by atoms with Crippen LogP contribution in [0.1, 0.15) is 16.7 Å². The van der Waals surface area contributed by atoms with Crippen LogP contribution in [0.4, 0.5) is 0 Å². The zero-order valence-corrected chi connectivity index (χ0v) is 16.1. The summed E-state index contributed by atoms with van der Waals surface area (Å²) in [6, 6.07) is 21.4. The fraction of sp³-hybridized carbons (Fsp3) is 0.160. The first-order valence-electron chi connectivity index (χ1n) is 9.36. The smallest absolute Gasteiger partial charge is 0.224 e. The molecule has 5 aromatic rings. The summed E-state index contributed by atoms with van der Waals surface area (Å²) in [6.07, 6.45) is 0. The van der Waals surface area contributed by atoms with Crippen molar-refractivity contribution in [1.82, 2.24) is 0 Å². The molecular weight excluding hydrogens is 330 g/mol. The van der Waals surface area contributed by atoms with Crippen molar-refractivity contribution in [2.24, 2.45) is 7.05 Å². The first kappa shape index (κ1) is 16.1. The maximum Gasteiger partial charge on any atom is 0.224 e. The van der Waals surface area contributed by atoms with Crippen molar-refractivity contribution in [3.8, 4) is 11.3 Å². The average molecular weight is 352 g/mol. The molecule has 0 aliphatic carbocycles. The normalized spacial score (nSPS) is 11.7. The van der Waals surface area contributed by atoms with Gasteiger partial charge < -0.3 is 4.42 Å². The Kier molecular flexibility index (Phi) is 3.38. The highest BCUT2D eigenvalue weighted by Gasteiger charge is 2.27. The number of aryl methyl sites for hydroxylation is 4. The van der Waals surface area contributed by atoms with E-state index >= 15 is 0 Å². The Labute approximate surface area is 158 Å². The third kappa shape index (κ3) is 2.23. The van der Waals surface area contributed by atoms with Gasteiger partial charge >= 0.3 is 0 Å². The molecule has 2 nitrogen and oxygen atoms in total. The molecule has 0 amide bonds. The number of aromatic nitrogens is 1. The Morgan fingerprint density at radius 1 is 0.778 bits per heavy atom. The van der Waals surface area contributed by atoms with E-state index in [1.807, 2.05) is 6.07 Å². The molecule has 5 rings (SSSR count). The summed E-state index contributed by atoms with van der Waals surface area (Å²) in [7, 11) is 2.17. The standard InChI is InChI=1S/C25H22NO/c1-15-13-17(3)22-20(14-15)26(4)24(18-10-6-5-9-16(18)2)23-19-11-7-8-12-21(19)27-25(22)23/h5-14H,1-4H3/q+1. The van der Waals surface area contributed by atoms with E-state index < -0.39 is 0 Å².